The molecule has 2 atom stereocenters. The zero-order valence-corrected chi connectivity index (χ0v) is 11.7. The van der Waals surface area contributed by atoms with Crippen molar-refractivity contribution in [2.45, 2.75) is 38.6 Å². The zero-order valence-electron chi connectivity index (χ0n) is 11.7. The maximum absolute atomic E-state index is 11.9. The van der Waals surface area contributed by atoms with Gasteiger partial charge < -0.3 is 10.0 Å². The van der Waals surface area contributed by atoms with Crippen LogP contribution in [0.2, 0.25) is 0 Å². The van der Waals surface area contributed by atoms with Crippen LogP contribution in [-0.2, 0) is 9.59 Å². The Morgan fingerprint density at radius 1 is 1.21 bits per heavy atom. The van der Waals surface area contributed by atoms with Crippen molar-refractivity contribution < 1.29 is 14.7 Å². The van der Waals surface area contributed by atoms with E-state index in [2.05, 4.69) is 6.92 Å². The number of hydrogen-bond acceptors (Lipinski definition) is 2. The monoisotopic (exact) mass is 263 g/mol. The smallest absolute Gasteiger partial charge is 0.326 e. The summed E-state index contributed by atoms with van der Waals surface area (Å²) in [7, 11) is 1.54. The van der Waals surface area contributed by atoms with Gasteiger partial charge in [0, 0.05) is 13.5 Å². The first-order valence-corrected chi connectivity index (χ1v) is 6.47. The standard InChI is InChI=1S/C15H21NO3/c1-11(13-7-5-4-6-8-13)9-10-14(17)16(3)12(2)15(18)19/h4-8,11-12H,9-10H2,1-3H3,(H,18,19). The van der Waals surface area contributed by atoms with Gasteiger partial charge >= 0.3 is 5.97 Å². The maximum atomic E-state index is 11.9. The van der Waals surface area contributed by atoms with E-state index in [-0.39, 0.29) is 5.91 Å². The summed E-state index contributed by atoms with van der Waals surface area (Å²) < 4.78 is 0. The van der Waals surface area contributed by atoms with Crippen LogP contribution in [0.4, 0.5) is 0 Å². The number of carbonyl (C=O) groups excluding carboxylic acids is 1. The molecule has 0 fully saturated rings. The van der Waals surface area contributed by atoms with Gasteiger partial charge in [-0.15, -0.1) is 0 Å². The lowest BCUT2D eigenvalue weighted by Gasteiger charge is -2.22. The topological polar surface area (TPSA) is 57.6 Å². The van der Waals surface area contributed by atoms with Crippen molar-refractivity contribution in [3.63, 3.8) is 0 Å². The van der Waals surface area contributed by atoms with E-state index in [0.717, 1.165) is 6.42 Å². The number of hydrogen-bond donors (Lipinski definition) is 1. The molecule has 1 aromatic carbocycles. The summed E-state index contributed by atoms with van der Waals surface area (Å²) in [5.74, 6) is -0.816. The summed E-state index contributed by atoms with van der Waals surface area (Å²) >= 11 is 0. The number of carbonyl (C=O) groups is 2. The number of rotatable bonds is 6. The van der Waals surface area contributed by atoms with E-state index in [0.29, 0.717) is 12.3 Å². The van der Waals surface area contributed by atoms with Crippen LogP contribution in [0.5, 0.6) is 0 Å². The lowest BCUT2D eigenvalue weighted by atomic mass is 9.96. The van der Waals surface area contributed by atoms with Gasteiger partial charge in [-0.05, 0) is 24.8 Å². The molecule has 0 aliphatic rings. The summed E-state index contributed by atoms with van der Waals surface area (Å²) in [6.45, 7) is 3.59. The molecule has 2 unspecified atom stereocenters. The molecule has 0 saturated carbocycles. The molecular weight excluding hydrogens is 242 g/mol. The average molecular weight is 263 g/mol. The minimum Gasteiger partial charge on any atom is -0.480 e. The fourth-order valence-electron chi connectivity index (χ4n) is 1.85. The normalized spacial score (nSPS) is 13.6. The Morgan fingerprint density at radius 3 is 2.32 bits per heavy atom. The molecular formula is C15H21NO3. The van der Waals surface area contributed by atoms with Gasteiger partial charge in [0.2, 0.25) is 5.91 Å². The van der Waals surface area contributed by atoms with E-state index in [9.17, 15) is 9.59 Å². The highest BCUT2D eigenvalue weighted by molar-refractivity contribution is 5.83. The minimum absolute atomic E-state index is 0.127. The molecule has 0 aliphatic heterocycles. The van der Waals surface area contributed by atoms with Crippen LogP contribution in [0.15, 0.2) is 30.3 Å². The second-order valence-electron chi connectivity index (χ2n) is 4.87. The Labute approximate surface area is 114 Å². The van der Waals surface area contributed by atoms with E-state index < -0.39 is 12.0 Å². The van der Waals surface area contributed by atoms with Crippen molar-refractivity contribution in [1.29, 1.82) is 0 Å². The quantitative estimate of drug-likeness (QED) is 0.858. The Bertz CT molecular complexity index is 430. The van der Waals surface area contributed by atoms with Gasteiger partial charge in [-0.1, -0.05) is 37.3 Å². The van der Waals surface area contributed by atoms with Crippen LogP contribution in [0.25, 0.3) is 0 Å². The van der Waals surface area contributed by atoms with Gasteiger partial charge in [0.1, 0.15) is 6.04 Å². The van der Waals surface area contributed by atoms with Crippen LogP contribution < -0.4 is 0 Å². The van der Waals surface area contributed by atoms with Gasteiger partial charge in [0.05, 0.1) is 0 Å². The lowest BCUT2D eigenvalue weighted by molar-refractivity contribution is -0.148. The fourth-order valence-corrected chi connectivity index (χ4v) is 1.85. The number of likely N-dealkylation sites (N-methyl/N-ethyl adjacent to an activating group) is 1. The number of carboxylic acid groups (broad SMARTS) is 1. The minimum atomic E-state index is -0.980. The molecule has 19 heavy (non-hydrogen) atoms. The van der Waals surface area contributed by atoms with E-state index in [4.69, 9.17) is 5.11 Å². The molecule has 0 spiro atoms. The third-order valence-electron chi connectivity index (χ3n) is 3.49. The van der Waals surface area contributed by atoms with Crippen LogP contribution in [0.3, 0.4) is 0 Å². The average Bonchev–Trinajstić information content (AvgIpc) is 2.43. The Morgan fingerprint density at radius 2 is 1.79 bits per heavy atom. The van der Waals surface area contributed by atoms with Gasteiger partial charge in [0.25, 0.3) is 0 Å². The molecule has 0 radical (unpaired) electrons. The molecule has 0 saturated heterocycles. The van der Waals surface area contributed by atoms with E-state index in [1.165, 1.54) is 24.4 Å². The van der Waals surface area contributed by atoms with Crippen molar-refractivity contribution in [3.8, 4) is 0 Å². The molecule has 0 bridgehead atoms. The Hall–Kier alpha value is -1.84. The van der Waals surface area contributed by atoms with Crippen molar-refractivity contribution >= 4 is 11.9 Å². The Balaban J connectivity index is 2.48. The molecule has 1 N–H and O–H groups in total. The van der Waals surface area contributed by atoms with Gasteiger partial charge in [-0.3, -0.25) is 4.79 Å². The molecule has 1 rings (SSSR count). The fraction of sp³-hybridized carbons (Fsp3) is 0.467. The maximum Gasteiger partial charge on any atom is 0.326 e. The van der Waals surface area contributed by atoms with Crippen LogP contribution in [0.1, 0.15) is 38.2 Å². The first-order chi connectivity index (χ1) is 8.93. The molecule has 1 aromatic rings. The van der Waals surface area contributed by atoms with E-state index in [1.807, 2.05) is 30.3 Å². The van der Waals surface area contributed by atoms with Crippen molar-refractivity contribution in [1.82, 2.24) is 4.90 Å². The predicted molar refractivity (Wildman–Crippen MR) is 74.0 cm³/mol. The summed E-state index contributed by atoms with van der Waals surface area (Å²) in [5.41, 5.74) is 1.20. The van der Waals surface area contributed by atoms with Crippen molar-refractivity contribution in [2.75, 3.05) is 7.05 Å². The van der Waals surface area contributed by atoms with Gasteiger partial charge in [-0.25, -0.2) is 4.79 Å². The molecule has 104 valence electrons. The van der Waals surface area contributed by atoms with Crippen LogP contribution in [-0.4, -0.2) is 35.0 Å². The summed E-state index contributed by atoms with van der Waals surface area (Å²) in [4.78, 5) is 24.0. The zero-order chi connectivity index (χ0) is 14.4. The second kappa shape index (κ2) is 6.92. The first kappa shape index (κ1) is 15.2. The summed E-state index contributed by atoms with van der Waals surface area (Å²) in [6, 6.07) is 9.22. The number of nitrogens with zero attached hydrogens (tertiary/aromatic N) is 1. The molecule has 0 heterocycles. The molecule has 4 nitrogen and oxygen atoms in total. The predicted octanol–water partition coefficient (Wildman–Crippen LogP) is 2.50. The number of amides is 1. The van der Waals surface area contributed by atoms with E-state index in [1.54, 1.807) is 0 Å². The lowest BCUT2D eigenvalue weighted by Crippen LogP contribution is -2.40. The Kier molecular flexibility index (Phi) is 5.55. The third kappa shape index (κ3) is 4.39. The number of carboxylic acids is 1. The third-order valence-corrected chi connectivity index (χ3v) is 3.49. The van der Waals surface area contributed by atoms with Crippen LogP contribution in [0, 0.1) is 0 Å². The molecule has 4 heteroatoms. The number of aliphatic carboxylic acids is 1. The van der Waals surface area contributed by atoms with Gasteiger partial charge in [0.15, 0.2) is 0 Å². The highest BCUT2D eigenvalue weighted by Gasteiger charge is 2.21. The second-order valence-corrected chi connectivity index (χ2v) is 4.87. The van der Waals surface area contributed by atoms with Gasteiger partial charge in [-0.2, -0.15) is 0 Å². The van der Waals surface area contributed by atoms with E-state index >= 15 is 0 Å². The summed E-state index contributed by atoms with van der Waals surface area (Å²) in [6.07, 6.45) is 1.09. The molecule has 0 aliphatic carbocycles. The molecule has 1 amide bonds. The summed E-state index contributed by atoms with van der Waals surface area (Å²) in [5, 5.41) is 8.86. The van der Waals surface area contributed by atoms with Crippen molar-refractivity contribution in [2.24, 2.45) is 0 Å². The SMILES string of the molecule is CC(CCC(=O)N(C)C(C)C(=O)O)c1ccccc1. The number of benzene rings is 1. The van der Waals surface area contributed by atoms with Crippen molar-refractivity contribution in [3.05, 3.63) is 35.9 Å². The largest absolute Gasteiger partial charge is 0.480 e. The highest BCUT2D eigenvalue weighted by atomic mass is 16.4. The molecule has 0 aromatic heterocycles. The highest BCUT2D eigenvalue weighted by Crippen LogP contribution is 2.20. The van der Waals surface area contributed by atoms with Crippen LogP contribution >= 0.6 is 0 Å². The first-order valence-electron chi connectivity index (χ1n) is 6.47.